The van der Waals surface area contributed by atoms with Crippen LogP contribution in [0.1, 0.15) is 44.2 Å². The van der Waals surface area contributed by atoms with E-state index in [1.54, 1.807) is 6.92 Å². The maximum atomic E-state index is 13.7. The van der Waals surface area contributed by atoms with Crippen LogP contribution in [0.15, 0.2) is 18.2 Å². The van der Waals surface area contributed by atoms with Crippen molar-refractivity contribution in [3.63, 3.8) is 0 Å². The molecule has 1 aromatic rings. The highest BCUT2D eigenvalue weighted by Gasteiger charge is 2.40. The van der Waals surface area contributed by atoms with Gasteiger partial charge in [0.25, 0.3) is 0 Å². The van der Waals surface area contributed by atoms with Crippen molar-refractivity contribution < 1.29 is 13.6 Å². The van der Waals surface area contributed by atoms with Gasteiger partial charge in [-0.05, 0) is 31.9 Å². The molecule has 1 amide bonds. The summed E-state index contributed by atoms with van der Waals surface area (Å²) in [5.74, 6) is -1.50. The molecule has 5 heteroatoms. The number of halogens is 2. The summed E-state index contributed by atoms with van der Waals surface area (Å²) in [6.45, 7) is 1.85. The highest BCUT2D eigenvalue weighted by atomic mass is 19.1. The Labute approximate surface area is 117 Å². The molecule has 0 radical (unpaired) electrons. The first kappa shape index (κ1) is 14.9. The molecule has 0 spiro atoms. The predicted octanol–water partition coefficient (Wildman–Crippen LogP) is 2.66. The van der Waals surface area contributed by atoms with Gasteiger partial charge in [0.2, 0.25) is 5.91 Å². The summed E-state index contributed by atoms with van der Waals surface area (Å²) < 4.78 is 27.4. The van der Waals surface area contributed by atoms with Crippen molar-refractivity contribution in [2.75, 3.05) is 6.54 Å². The highest BCUT2D eigenvalue weighted by Crippen LogP contribution is 2.38. The Morgan fingerprint density at radius 2 is 1.90 bits per heavy atom. The van der Waals surface area contributed by atoms with E-state index < -0.39 is 23.1 Å². The van der Waals surface area contributed by atoms with Crippen molar-refractivity contribution >= 4 is 5.91 Å². The third-order valence-electron chi connectivity index (χ3n) is 4.21. The van der Waals surface area contributed by atoms with Gasteiger partial charge >= 0.3 is 0 Å². The monoisotopic (exact) mass is 282 g/mol. The molecule has 0 aliphatic heterocycles. The van der Waals surface area contributed by atoms with E-state index in [9.17, 15) is 13.6 Å². The Bertz CT molecular complexity index is 478. The Morgan fingerprint density at radius 1 is 1.35 bits per heavy atom. The summed E-state index contributed by atoms with van der Waals surface area (Å²) in [6.07, 6.45) is 3.41. The molecule has 0 saturated heterocycles. The molecule has 20 heavy (non-hydrogen) atoms. The average Bonchev–Trinajstić information content (AvgIpc) is 2.88. The van der Waals surface area contributed by atoms with Crippen molar-refractivity contribution in [1.82, 2.24) is 5.32 Å². The standard InChI is InChI=1S/C15H20F2N2O/c1-10(13-11(16)5-4-6-12(13)17)19-14(20)15(9-18)7-2-3-8-15/h4-6,10H,2-3,7-9,18H2,1H3,(H,19,20). The molecule has 1 fully saturated rings. The summed E-state index contributed by atoms with van der Waals surface area (Å²) >= 11 is 0. The molecule has 0 aromatic heterocycles. The van der Waals surface area contributed by atoms with E-state index in [0.717, 1.165) is 25.7 Å². The third-order valence-corrected chi connectivity index (χ3v) is 4.21. The van der Waals surface area contributed by atoms with Crippen LogP contribution in [0.3, 0.4) is 0 Å². The third kappa shape index (κ3) is 2.68. The molecule has 2 rings (SSSR count). The molecule has 1 atom stereocenters. The Morgan fingerprint density at radius 3 is 2.40 bits per heavy atom. The van der Waals surface area contributed by atoms with Crippen LogP contribution in [0, 0.1) is 17.0 Å². The molecule has 3 N–H and O–H groups in total. The number of hydrogen-bond donors (Lipinski definition) is 2. The molecule has 1 unspecified atom stereocenters. The normalized spacial score (nSPS) is 18.8. The number of amides is 1. The lowest BCUT2D eigenvalue weighted by atomic mass is 9.85. The summed E-state index contributed by atoms with van der Waals surface area (Å²) in [6, 6.07) is 2.97. The minimum atomic E-state index is -0.715. The quantitative estimate of drug-likeness (QED) is 0.892. The first-order valence-electron chi connectivity index (χ1n) is 6.95. The molecule has 1 aliphatic carbocycles. The zero-order valence-electron chi connectivity index (χ0n) is 11.6. The number of rotatable bonds is 4. The number of carbonyl (C=O) groups excluding carboxylic acids is 1. The van der Waals surface area contributed by atoms with Gasteiger partial charge in [-0.1, -0.05) is 18.9 Å². The van der Waals surface area contributed by atoms with E-state index in [0.29, 0.717) is 0 Å². The summed E-state index contributed by atoms with van der Waals surface area (Å²) in [7, 11) is 0. The maximum Gasteiger partial charge on any atom is 0.227 e. The zero-order chi connectivity index (χ0) is 14.8. The lowest BCUT2D eigenvalue weighted by Gasteiger charge is -2.28. The van der Waals surface area contributed by atoms with E-state index in [1.807, 2.05) is 0 Å². The lowest BCUT2D eigenvalue weighted by molar-refractivity contribution is -0.131. The molecule has 1 saturated carbocycles. The van der Waals surface area contributed by atoms with Crippen molar-refractivity contribution in [3.05, 3.63) is 35.4 Å². The van der Waals surface area contributed by atoms with Crippen molar-refractivity contribution in [3.8, 4) is 0 Å². The van der Waals surface area contributed by atoms with Gasteiger partial charge in [0, 0.05) is 12.1 Å². The highest BCUT2D eigenvalue weighted by molar-refractivity contribution is 5.83. The predicted molar refractivity (Wildman–Crippen MR) is 72.9 cm³/mol. The molecule has 1 aromatic carbocycles. The van der Waals surface area contributed by atoms with Crippen LogP contribution < -0.4 is 11.1 Å². The summed E-state index contributed by atoms with van der Waals surface area (Å²) in [4.78, 5) is 12.4. The molecule has 0 heterocycles. The first-order chi connectivity index (χ1) is 9.50. The lowest BCUT2D eigenvalue weighted by Crippen LogP contribution is -2.45. The molecular weight excluding hydrogens is 262 g/mol. The van der Waals surface area contributed by atoms with Crippen LogP contribution in [0.25, 0.3) is 0 Å². The van der Waals surface area contributed by atoms with Crippen LogP contribution in [0.2, 0.25) is 0 Å². The van der Waals surface area contributed by atoms with Gasteiger partial charge in [-0.2, -0.15) is 0 Å². The van der Waals surface area contributed by atoms with E-state index in [1.165, 1.54) is 18.2 Å². The molecule has 110 valence electrons. The fourth-order valence-electron chi connectivity index (χ4n) is 2.92. The van der Waals surface area contributed by atoms with Crippen molar-refractivity contribution in [1.29, 1.82) is 0 Å². The van der Waals surface area contributed by atoms with Crippen molar-refractivity contribution in [2.24, 2.45) is 11.1 Å². The van der Waals surface area contributed by atoms with E-state index in [-0.39, 0.29) is 18.0 Å². The first-order valence-corrected chi connectivity index (χ1v) is 6.95. The number of nitrogens with one attached hydrogen (secondary N) is 1. The van der Waals surface area contributed by atoms with Crippen LogP contribution in [-0.4, -0.2) is 12.5 Å². The van der Waals surface area contributed by atoms with Gasteiger partial charge in [-0.3, -0.25) is 4.79 Å². The minimum Gasteiger partial charge on any atom is -0.349 e. The average molecular weight is 282 g/mol. The number of hydrogen-bond acceptors (Lipinski definition) is 2. The minimum absolute atomic E-state index is 0.106. The number of carbonyl (C=O) groups is 1. The Kier molecular flexibility index (Phi) is 4.38. The Balaban J connectivity index is 2.15. The van der Waals surface area contributed by atoms with Crippen LogP contribution in [0.4, 0.5) is 8.78 Å². The van der Waals surface area contributed by atoms with Gasteiger partial charge in [0.05, 0.1) is 11.5 Å². The largest absolute Gasteiger partial charge is 0.349 e. The fraction of sp³-hybridized carbons (Fsp3) is 0.533. The molecule has 1 aliphatic rings. The second-order valence-corrected chi connectivity index (χ2v) is 5.52. The van der Waals surface area contributed by atoms with Gasteiger partial charge in [0.1, 0.15) is 11.6 Å². The number of nitrogens with two attached hydrogens (primary N) is 1. The summed E-state index contributed by atoms with van der Waals surface area (Å²) in [5, 5.41) is 2.71. The van der Waals surface area contributed by atoms with E-state index in [2.05, 4.69) is 5.32 Å². The van der Waals surface area contributed by atoms with Gasteiger partial charge in [-0.15, -0.1) is 0 Å². The molecule has 3 nitrogen and oxygen atoms in total. The maximum absolute atomic E-state index is 13.7. The topological polar surface area (TPSA) is 55.1 Å². The Hall–Kier alpha value is -1.49. The zero-order valence-corrected chi connectivity index (χ0v) is 11.6. The van der Waals surface area contributed by atoms with Gasteiger partial charge in [0.15, 0.2) is 0 Å². The summed E-state index contributed by atoms with van der Waals surface area (Å²) in [5.41, 5.74) is 5.06. The van der Waals surface area contributed by atoms with E-state index >= 15 is 0 Å². The van der Waals surface area contributed by atoms with Crippen LogP contribution >= 0.6 is 0 Å². The van der Waals surface area contributed by atoms with Gasteiger partial charge < -0.3 is 11.1 Å². The second kappa shape index (κ2) is 5.87. The SMILES string of the molecule is CC(NC(=O)C1(CN)CCCC1)c1c(F)cccc1F. The fourth-order valence-corrected chi connectivity index (χ4v) is 2.92. The van der Waals surface area contributed by atoms with Crippen molar-refractivity contribution in [2.45, 2.75) is 38.6 Å². The molecule has 0 bridgehead atoms. The van der Waals surface area contributed by atoms with Crippen LogP contribution in [-0.2, 0) is 4.79 Å². The second-order valence-electron chi connectivity index (χ2n) is 5.52. The molecular formula is C15H20F2N2O. The smallest absolute Gasteiger partial charge is 0.227 e. The van der Waals surface area contributed by atoms with Gasteiger partial charge in [-0.25, -0.2) is 8.78 Å². The van der Waals surface area contributed by atoms with Crippen LogP contribution in [0.5, 0.6) is 0 Å². The number of benzene rings is 1. The van der Waals surface area contributed by atoms with E-state index in [4.69, 9.17) is 5.73 Å².